The Morgan fingerprint density at radius 1 is 1.54 bits per heavy atom. The average Bonchev–Trinajstić information content (AvgIpc) is 2.71. The molecule has 2 aliphatic rings. The van der Waals surface area contributed by atoms with Gasteiger partial charge in [-0.3, -0.25) is 4.79 Å². The van der Waals surface area contributed by atoms with Gasteiger partial charge in [0, 0.05) is 31.7 Å². The molecule has 2 heterocycles. The van der Waals surface area contributed by atoms with Gasteiger partial charge in [0.05, 0.1) is 6.61 Å². The summed E-state index contributed by atoms with van der Waals surface area (Å²) >= 11 is 0. The summed E-state index contributed by atoms with van der Waals surface area (Å²) in [6.07, 6.45) is 2.76. The molecule has 4 nitrogen and oxygen atoms in total. The summed E-state index contributed by atoms with van der Waals surface area (Å²) in [5, 5.41) is 6.34. The summed E-state index contributed by atoms with van der Waals surface area (Å²) in [6.45, 7) is 2.58. The second-order valence-corrected chi connectivity index (χ2v) is 3.77. The lowest BCUT2D eigenvalue weighted by molar-refractivity contribution is -0.119. The zero-order chi connectivity index (χ0) is 9.10. The lowest BCUT2D eigenvalue weighted by Crippen LogP contribution is -2.40. The van der Waals surface area contributed by atoms with Crippen molar-refractivity contribution in [3.63, 3.8) is 0 Å². The van der Waals surface area contributed by atoms with Crippen molar-refractivity contribution in [1.82, 2.24) is 10.6 Å². The van der Waals surface area contributed by atoms with E-state index >= 15 is 0 Å². The van der Waals surface area contributed by atoms with Gasteiger partial charge in [-0.25, -0.2) is 0 Å². The van der Waals surface area contributed by atoms with Gasteiger partial charge in [0.15, 0.2) is 0 Å². The van der Waals surface area contributed by atoms with E-state index in [2.05, 4.69) is 10.6 Å². The third kappa shape index (κ3) is 2.42. The van der Waals surface area contributed by atoms with E-state index in [0.717, 1.165) is 32.6 Å². The summed E-state index contributed by atoms with van der Waals surface area (Å²) in [4.78, 5) is 10.9. The largest absolute Gasteiger partial charge is 0.380 e. The molecule has 0 radical (unpaired) electrons. The summed E-state index contributed by atoms with van der Waals surface area (Å²) in [7, 11) is 0. The van der Waals surface area contributed by atoms with E-state index in [-0.39, 0.29) is 5.91 Å². The lowest BCUT2D eigenvalue weighted by Gasteiger charge is -2.14. The molecule has 2 rings (SSSR count). The fourth-order valence-electron chi connectivity index (χ4n) is 1.83. The van der Waals surface area contributed by atoms with Gasteiger partial charge in [-0.05, 0) is 12.8 Å². The van der Waals surface area contributed by atoms with Gasteiger partial charge in [0.1, 0.15) is 0 Å². The molecule has 1 amide bonds. The van der Waals surface area contributed by atoms with Crippen LogP contribution in [0.2, 0.25) is 0 Å². The number of hydrogen-bond donors (Lipinski definition) is 2. The molecule has 4 heteroatoms. The van der Waals surface area contributed by atoms with Crippen molar-refractivity contribution in [2.75, 3.05) is 19.8 Å². The van der Waals surface area contributed by atoms with Crippen LogP contribution in [-0.4, -0.2) is 37.7 Å². The Balaban J connectivity index is 1.64. The SMILES string of the molecule is O=C1CCC(CNC2CCOC2)N1. The van der Waals surface area contributed by atoms with E-state index in [1.54, 1.807) is 0 Å². The highest BCUT2D eigenvalue weighted by Gasteiger charge is 2.22. The maximum atomic E-state index is 10.9. The van der Waals surface area contributed by atoms with Gasteiger partial charge >= 0.3 is 0 Å². The highest BCUT2D eigenvalue weighted by atomic mass is 16.5. The maximum absolute atomic E-state index is 10.9. The molecule has 2 saturated heterocycles. The summed E-state index contributed by atoms with van der Waals surface area (Å²) in [5.74, 6) is 0.189. The molecule has 0 spiro atoms. The molecular formula is C9H16N2O2. The van der Waals surface area contributed by atoms with Crippen molar-refractivity contribution >= 4 is 5.91 Å². The first kappa shape index (κ1) is 8.97. The zero-order valence-electron chi connectivity index (χ0n) is 7.71. The van der Waals surface area contributed by atoms with Gasteiger partial charge in [-0.15, -0.1) is 0 Å². The van der Waals surface area contributed by atoms with Crippen LogP contribution in [0.4, 0.5) is 0 Å². The number of hydrogen-bond acceptors (Lipinski definition) is 3. The zero-order valence-corrected chi connectivity index (χ0v) is 7.71. The van der Waals surface area contributed by atoms with Crippen molar-refractivity contribution in [3.8, 4) is 0 Å². The molecule has 0 aromatic rings. The Bertz CT molecular complexity index is 190. The van der Waals surface area contributed by atoms with Crippen LogP contribution < -0.4 is 10.6 Å². The molecule has 13 heavy (non-hydrogen) atoms. The monoisotopic (exact) mass is 184 g/mol. The van der Waals surface area contributed by atoms with Crippen LogP contribution >= 0.6 is 0 Å². The molecule has 74 valence electrons. The van der Waals surface area contributed by atoms with E-state index in [9.17, 15) is 4.79 Å². The van der Waals surface area contributed by atoms with E-state index in [1.165, 1.54) is 0 Å². The van der Waals surface area contributed by atoms with Gasteiger partial charge in [0.25, 0.3) is 0 Å². The van der Waals surface area contributed by atoms with Crippen LogP contribution in [-0.2, 0) is 9.53 Å². The van der Waals surface area contributed by atoms with Crippen molar-refractivity contribution in [2.24, 2.45) is 0 Å². The van der Waals surface area contributed by atoms with E-state index < -0.39 is 0 Å². The van der Waals surface area contributed by atoms with E-state index in [4.69, 9.17) is 4.74 Å². The first-order chi connectivity index (χ1) is 6.34. The fraction of sp³-hybridized carbons (Fsp3) is 0.889. The van der Waals surface area contributed by atoms with Gasteiger partial charge in [0.2, 0.25) is 5.91 Å². The molecule has 0 saturated carbocycles. The summed E-state index contributed by atoms with van der Waals surface area (Å²) in [6, 6.07) is 0.839. The minimum Gasteiger partial charge on any atom is -0.380 e. The predicted molar refractivity (Wildman–Crippen MR) is 48.4 cm³/mol. The Morgan fingerprint density at radius 3 is 3.08 bits per heavy atom. The van der Waals surface area contributed by atoms with Crippen LogP contribution in [0.3, 0.4) is 0 Å². The van der Waals surface area contributed by atoms with Gasteiger partial charge in [-0.1, -0.05) is 0 Å². The van der Waals surface area contributed by atoms with E-state index in [1.807, 2.05) is 0 Å². The number of carbonyl (C=O) groups is 1. The van der Waals surface area contributed by atoms with Crippen LogP contribution in [0, 0.1) is 0 Å². The average molecular weight is 184 g/mol. The number of nitrogens with one attached hydrogen (secondary N) is 2. The van der Waals surface area contributed by atoms with Crippen LogP contribution in [0.5, 0.6) is 0 Å². The summed E-state index contributed by atoms with van der Waals surface area (Å²) < 4.78 is 5.24. The van der Waals surface area contributed by atoms with Gasteiger partial charge < -0.3 is 15.4 Å². The highest BCUT2D eigenvalue weighted by Crippen LogP contribution is 2.07. The third-order valence-corrected chi connectivity index (χ3v) is 2.67. The van der Waals surface area contributed by atoms with Crippen molar-refractivity contribution in [1.29, 1.82) is 0 Å². The van der Waals surface area contributed by atoms with Crippen molar-refractivity contribution in [3.05, 3.63) is 0 Å². The molecule has 0 aromatic carbocycles. The summed E-state index contributed by atoms with van der Waals surface area (Å²) in [5.41, 5.74) is 0. The third-order valence-electron chi connectivity index (χ3n) is 2.67. The molecule has 0 aliphatic carbocycles. The standard InChI is InChI=1S/C9H16N2O2/c12-9-2-1-7(11-9)5-10-8-3-4-13-6-8/h7-8,10H,1-6H2,(H,11,12). The maximum Gasteiger partial charge on any atom is 0.220 e. The first-order valence-corrected chi connectivity index (χ1v) is 4.95. The molecule has 2 N–H and O–H groups in total. The van der Waals surface area contributed by atoms with Crippen LogP contribution in [0.15, 0.2) is 0 Å². The van der Waals surface area contributed by atoms with Crippen LogP contribution in [0.25, 0.3) is 0 Å². The molecule has 2 aliphatic heterocycles. The second-order valence-electron chi connectivity index (χ2n) is 3.77. The fourth-order valence-corrected chi connectivity index (χ4v) is 1.83. The first-order valence-electron chi connectivity index (χ1n) is 4.95. The number of rotatable bonds is 3. The van der Waals surface area contributed by atoms with Crippen molar-refractivity contribution in [2.45, 2.75) is 31.3 Å². The Kier molecular flexibility index (Phi) is 2.80. The molecule has 2 unspecified atom stereocenters. The Morgan fingerprint density at radius 2 is 2.46 bits per heavy atom. The quantitative estimate of drug-likeness (QED) is 0.630. The molecule has 0 aromatic heterocycles. The molecule has 2 atom stereocenters. The normalized spacial score (nSPS) is 33.7. The molecule has 0 bridgehead atoms. The Labute approximate surface area is 78.0 Å². The topological polar surface area (TPSA) is 50.4 Å². The minimum atomic E-state index is 0.189. The second kappa shape index (κ2) is 4.07. The predicted octanol–water partition coefficient (Wildman–Crippen LogP) is -0.356. The van der Waals surface area contributed by atoms with Crippen LogP contribution in [0.1, 0.15) is 19.3 Å². The number of carbonyl (C=O) groups excluding carboxylic acids is 1. The smallest absolute Gasteiger partial charge is 0.220 e. The highest BCUT2D eigenvalue weighted by molar-refractivity contribution is 5.78. The Hall–Kier alpha value is -0.610. The lowest BCUT2D eigenvalue weighted by atomic mass is 10.2. The van der Waals surface area contributed by atoms with E-state index in [0.29, 0.717) is 18.5 Å². The minimum absolute atomic E-state index is 0.189. The molecule has 2 fully saturated rings. The molecular weight excluding hydrogens is 168 g/mol. The number of amides is 1. The van der Waals surface area contributed by atoms with Gasteiger partial charge in [-0.2, -0.15) is 0 Å². The van der Waals surface area contributed by atoms with Crippen molar-refractivity contribution < 1.29 is 9.53 Å². The number of ether oxygens (including phenoxy) is 1.